The van der Waals surface area contributed by atoms with Crippen molar-refractivity contribution in [2.24, 2.45) is 0 Å². The maximum atomic E-state index is 13.0. The molecule has 2 aromatic carbocycles. The molecule has 0 N–H and O–H groups in total. The molecule has 0 spiro atoms. The molecule has 11 heteroatoms. The van der Waals surface area contributed by atoms with Gasteiger partial charge in [0, 0.05) is 37.8 Å². The van der Waals surface area contributed by atoms with Crippen molar-refractivity contribution in [3.8, 4) is 0 Å². The predicted molar refractivity (Wildman–Crippen MR) is 110 cm³/mol. The second-order valence-corrected chi connectivity index (χ2v) is 9.49. The van der Waals surface area contributed by atoms with Crippen LogP contribution in [0.25, 0.3) is 0 Å². The quantitative estimate of drug-likeness (QED) is 0.493. The van der Waals surface area contributed by atoms with Crippen LogP contribution < -0.4 is 4.90 Å². The zero-order chi connectivity index (χ0) is 20.6. The molecule has 0 amide bonds. The van der Waals surface area contributed by atoms with Gasteiger partial charge in [0.25, 0.3) is 5.69 Å². The first-order valence-corrected chi connectivity index (χ1v) is 10.8. The highest BCUT2D eigenvalue weighted by atomic mass is 35.5. The highest BCUT2D eigenvalue weighted by Crippen LogP contribution is 2.33. The molecule has 0 bridgehead atoms. The van der Waals surface area contributed by atoms with Crippen LogP contribution in [0.2, 0.25) is 15.1 Å². The van der Waals surface area contributed by atoms with Gasteiger partial charge in [0.15, 0.2) is 0 Å². The van der Waals surface area contributed by atoms with E-state index in [1.165, 1.54) is 34.6 Å². The average molecular weight is 465 g/mol. The first-order valence-electron chi connectivity index (χ1n) is 8.27. The van der Waals surface area contributed by atoms with Gasteiger partial charge in [-0.2, -0.15) is 4.31 Å². The summed E-state index contributed by atoms with van der Waals surface area (Å²) in [5.74, 6) is 0. The lowest BCUT2D eigenvalue weighted by atomic mass is 10.2. The van der Waals surface area contributed by atoms with Gasteiger partial charge in [0.2, 0.25) is 10.0 Å². The van der Waals surface area contributed by atoms with Gasteiger partial charge >= 0.3 is 0 Å². The van der Waals surface area contributed by atoms with Gasteiger partial charge < -0.3 is 4.90 Å². The van der Waals surface area contributed by atoms with Crippen molar-refractivity contribution in [1.29, 1.82) is 0 Å². The van der Waals surface area contributed by atoms with Crippen LogP contribution in [-0.4, -0.2) is 43.3 Å². The van der Waals surface area contributed by atoms with Crippen molar-refractivity contribution < 1.29 is 13.3 Å². The Morgan fingerprint density at radius 1 is 1.04 bits per heavy atom. The zero-order valence-corrected chi connectivity index (χ0v) is 17.8. The maximum Gasteiger partial charge on any atom is 0.271 e. The number of hydrogen-bond acceptors (Lipinski definition) is 5. The normalized spacial score (nSPS) is 18.3. The molecule has 0 saturated carbocycles. The summed E-state index contributed by atoms with van der Waals surface area (Å²) in [4.78, 5) is 12.3. The van der Waals surface area contributed by atoms with Crippen molar-refractivity contribution in [1.82, 2.24) is 4.31 Å². The van der Waals surface area contributed by atoms with E-state index in [0.717, 1.165) is 0 Å². The highest BCUT2D eigenvalue weighted by Gasteiger charge is 2.34. The number of halogens is 3. The van der Waals surface area contributed by atoms with E-state index in [0.29, 0.717) is 18.8 Å². The summed E-state index contributed by atoms with van der Waals surface area (Å²) >= 11 is 18.0. The molecule has 28 heavy (non-hydrogen) atoms. The Kier molecular flexibility index (Phi) is 6.07. The average Bonchev–Trinajstić information content (AvgIpc) is 2.63. The van der Waals surface area contributed by atoms with Gasteiger partial charge in [0.1, 0.15) is 0 Å². The molecule has 150 valence electrons. The summed E-state index contributed by atoms with van der Waals surface area (Å²) in [5.41, 5.74) is 0.535. The molecule has 1 aliphatic heterocycles. The molecule has 1 fully saturated rings. The summed E-state index contributed by atoms with van der Waals surface area (Å²) in [6.45, 7) is 2.80. The van der Waals surface area contributed by atoms with Gasteiger partial charge in [-0.25, -0.2) is 8.42 Å². The standard InChI is InChI=1S/C17H16Cl3N3O4S/c1-11-10-21(17-5-2-12(23(24)25)8-16(17)20)6-7-22(11)28(26,27)13-3-4-14(18)15(19)9-13/h2-5,8-9,11H,6-7,10H2,1H3/t11-/m1/s1. The van der Waals surface area contributed by atoms with E-state index in [1.807, 2.05) is 4.90 Å². The minimum absolute atomic E-state index is 0.0792. The highest BCUT2D eigenvalue weighted by molar-refractivity contribution is 7.89. The number of benzene rings is 2. The topological polar surface area (TPSA) is 83.8 Å². The van der Waals surface area contributed by atoms with Crippen molar-refractivity contribution in [2.45, 2.75) is 17.9 Å². The Labute approximate surface area is 177 Å². The van der Waals surface area contributed by atoms with E-state index in [9.17, 15) is 18.5 Å². The lowest BCUT2D eigenvalue weighted by Crippen LogP contribution is -2.54. The molecule has 1 aliphatic rings. The number of nitro benzene ring substituents is 1. The first kappa shape index (κ1) is 21.1. The lowest BCUT2D eigenvalue weighted by Gasteiger charge is -2.40. The van der Waals surface area contributed by atoms with Crippen LogP contribution in [0.1, 0.15) is 6.92 Å². The van der Waals surface area contributed by atoms with Crippen LogP contribution in [-0.2, 0) is 10.0 Å². The molecule has 7 nitrogen and oxygen atoms in total. The minimum atomic E-state index is -3.74. The summed E-state index contributed by atoms with van der Waals surface area (Å²) in [7, 11) is -3.74. The van der Waals surface area contributed by atoms with Gasteiger partial charge in [-0.05, 0) is 31.2 Å². The van der Waals surface area contributed by atoms with Crippen molar-refractivity contribution in [3.05, 3.63) is 61.6 Å². The smallest absolute Gasteiger partial charge is 0.271 e. The second-order valence-electron chi connectivity index (χ2n) is 6.38. The number of rotatable bonds is 4. The molecule has 1 atom stereocenters. The largest absolute Gasteiger partial charge is 0.367 e. The number of sulfonamides is 1. The second kappa shape index (κ2) is 8.04. The van der Waals surface area contributed by atoms with E-state index in [-0.39, 0.29) is 38.2 Å². The number of piperazine rings is 1. The van der Waals surface area contributed by atoms with E-state index in [2.05, 4.69) is 0 Å². The Bertz CT molecular complexity index is 1030. The van der Waals surface area contributed by atoms with Crippen molar-refractivity contribution in [2.75, 3.05) is 24.5 Å². The molecule has 2 aromatic rings. The van der Waals surface area contributed by atoms with E-state index < -0.39 is 14.9 Å². The van der Waals surface area contributed by atoms with Crippen LogP contribution in [0.4, 0.5) is 11.4 Å². The van der Waals surface area contributed by atoms with Gasteiger partial charge in [0.05, 0.1) is 30.6 Å². The lowest BCUT2D eigenvalue weighted by molar-refractivity contribution is -0.384. The predicted octanol–water partition coefficient (Wildman–Crippen LogP) is 4.45. The van der Waals surface area contributed by atoms with Crippen LogP contribution >= 0.6 is 34.8 Å². The zero-order valence-electron chi connectivity index (χ0n) is 14.7. The van der Waals surface area contributed by atoms with Crippen LogP contribution in [0.5, 0.6) is 0 Å². The van der Waals surface area contributed by atoms with Gasteiger partial charge in [-0.3, -0.25) is 10.1 Å². The molecular formula is C17H16Cl3N3O4S. The monoisotopic (exact) mass is 463 g/mol. The fraction of sp³-hybridized carbons (Fsp3) is 0.294. The van der Waals surface area contributed by atoms with Crippen LogP contribution in [0, 0.1) is 10.1 Å². The first-order chi connectivity index (χ1) is 13.1. The SMILES string of the molecule is C[C@@H]1CN(c2ccc([N+](=O)[O-])cc2Cl)CCN1S(=O)(=O)c1ccc(Cl)c(Cl)c1. The summed E-state index contributed by atoms with van der Waals surface area (Å²) in [6, 6.07) is 8.12. The molecule has 0 radical (unpaired) electrons. The summed E-state index contributed by atoms with van der Waals surface area (Å²) in [6.07, 6.45) is 0. The Hall–Kier alpha value is -1.58. The molecule has 0 aromatic heterocycles. The Morgan fingerprint density at radius 3 is 2.32 bits per heavy atom. The molecule has 0 aliphatic carbocycles. The minimum Gasteiger partial charge on any atom is -0.367 e. The van der Waals surface area contributed by atoms with Crippen LogP contribution in [0.3, 0.4) is 0 Å². The fourth-order valence-corrected chi connectivity index (χ4v) is 5.45. The molecule has 1 heterocycles. The summed E-state index contributed by atoms with van der Waals surface area (Å²) < 4.78 is 27.4. The van der Waals surface area contributed by atoms with Crippen molar-refractivity contribution in [3.63, 3.8) is 0 Å². The fourth-order valence-electron chi connectivity index (χ4n) is 3.16. The molecular weight excluding hydrogens is 449 g/mol. The maximum absolute atomic E-state index is 13.0. The third-order valence-electron chi connectivity index (χ3n) is 4.55. The van der Waals surface area contributed by atoms with E-state index >= 15 is 0 Å². The molecule has 1 saturated heterocycles. The Morgan fingerprint density at radius 2 is 1.75 bits per heavy atom. The third-order valence-corrected chi connectivity index (χ3v) is 7.60. The summed E-state index contributed by atoms with van der Waals surface area (Å²) in [5, 5.41) is 11.6. The number of nitro groups is 1. The number of nitrogens with zero attached hydrogens (tertiary/aromatic N) is 3. The van der Waals surface area contributed by atoms with Crippen LogP contribution in [0.15, 0.2) is 41.3 Å². The molecule has 3 rings (SSSR count). The number of non-ortho nitro benzene ring substituents is 1. The van der Waals surface area contributed by atoms with Crippen molar-refractivity contribution >= 4 is 56.2 Å². The van der Waals surface area contributed by atoms with Gasteiger partial charge in [-0.15, -0.1) is 0 Å². The number of anilines is 1. The Balaban J connectivity index is 1.81. The third kappa shape index (κ3) is 4.06. The van der Waals surface area contributed by atoms with E-state index in [1.54, 1.807) is 13.0 Å². The van der Waals surface area contributed by atoms with Gasteiger partial charge in [-0.1, -0.05) is 34.8 Å². The van der Waals surface area contributed by atoms with E-state index in [4.69, 9.17) is 34.8 Å². The molecule has 0 unspecified atom stereocenters. The number of hydrogen-bond donors (Lipinski definition) is 0.